The molecule has 0 aromatic carbocycles. The molecule has 104 valence electrons. The van der Waals surface area contributed by atoms with Crippen LogP contribution < -0.4 is 0 Å². The molecule has 0 aliphatic carbocycles. The Bertz CT molecular complexity index is 168. The summed E-state index contributed by atoms with van der Waals surface area (Å²) in [5.74, 6) is 0. The Morgan fingerprint density at radius 2 is 1.00 bits per heavy atom. The Hall–Kier alpha value is -0.120. The van der Waals surface area contributed by atoms with E-state index in [2.05, 4.69) is 63.7 Å². The standard InChI is InChI=1S/C14H33N3/c1-14(2,3)17(12-8-10-15(4)5)13-9-11-16(6)7/h8-13H2,1-7H3. The second-order valence-electron chi connectivity index (χ2n) is 6.47. The first kappa shape index (κ1) is 16.9. The molecule has 0 amide bonds. The normalized spacial score (nSPS) is 13.1. The van der Waals surface area contributed by atoms with Gasteiger partial charge in [-0.15, -0.1) is 0 Å². The minimum atomic E-state index is 0.290. The average Bonchev–Trinajstić information content (AvgIpc) is 2.12. The maximum Gasteiger partial charge on any atom is 0.0125 e. The van der Waals surface area contributed by atoms with Gasteiger partial charge in [-0.3, -0.25) is 4.90 Å². The molecule has 0 spiro atoms. The molecule has 0 bridgehead atoms. The molecule has 0 radical (unpaired) electrons. The van der Waals surface area contributed by atoms with Crippen LogP contribution in [-0.2, 0) is 0 Å². The molecule has 0 atom stereocenters. The van der Waals surface area contributed by atoms with Crippen molar-refractivity contribution >= 4 is 0 Å². The van der Waals surface area contributed by atoms with E-state index in [1.165, 1.54) is 39.0 Å². The number of nitrogens with zero attached hydrogens (tertiary/aromatic N) is 3. The fourth-order valence-electron chi connectivity index (χ4n) is 1.94. The molecule has 0 aliphatic rings. The molecule has 0 fully saturated rings. The third kappa shape index (κ3) is 9.57. The van der Waals surface area contributed by atoms with Gasteiger partial charge in [0.05, 0.1) is 0 Å². The lowest BCUT2D eigenvalue weighted by atomic mass is 10.1. The summed E-state index contributed by atoms with van der Waals surface area (Å²) in [6.07, 6.45) is 2.51. The second kappa shape index (κ2) is 8.06. The molecule has 0 aromatic rings. The van der Waals surface area contributed by atoms with Crippen molar-refractivity contribution in [2.45, 2.75) is 39.2 Å². The third-order valence-corrected chi connectivity index (χ3v) is 3.02. The summed E-state index contributed by atoms with van der Waals surface area (Å²) in [7, 11) is 8.59. The van der Waals surface area contributed by atoms with Crippen molar-refractivity contribution in [2.24, 2.45) is 0 Å². The first-order valence-electron chi connectivity index (χ1n) is 6.78. The summed E-state index contributed by atoms with van der Waals surface area (Å²) < 4.78 is 0. The Kier molecular flexibility index (Phi) is 8.01. The van der Waals surface area contributed by atoms with Gasteiger partial charge in [0.1, 0.15) is 0 Å². The molecule has 0 heterocycles. The van der Waals surface area contributed by atoms with Crippen molar-refractivity contribution in [3.05, 3.63) is 0 Å². The molecule has 0 saturated carbocycles. The largest absolute Gasteiger partial charge is 0.309 e. The van der Waals surface area contributed by atoms with Crippen LogP contribution in [0.25, 0.3) is 0 Å². The highest BCUT2D eigenvalue weighted by molar-refractivity contribution is 4.76. The minimum absolute atomic E-state index is 0.290. The minimum Gasteiger partial charge on any atom is -0.309 e. The molecule has 3 heteroatoms. The summed E-state index contributed by atoms with van der Waals surface area (Å²) in [6, 6.07) is 0. The second-order valence-corrected chi connectivity index (χ2v) is 6.47. The quantitative estimate of drug-likeness (QED) is 0.645. The van der Waals surface area contributed by atoms with Gasteiger partial charge in [-0.2, -0.15) is 0 Å². The van der Waals surface area contributed by atoms with Crippen molar-refractivity contribution in [1.82, 2.24) is 14.7 Å². The predicted molar refractivity (Wildman–Crippen MR) is 77.7 cm³/mol. The van der Waals surface area contributed by atoms with E-state index in [0.717, 1.165) is 0 Å². The Morgan fingerprint density at radius 1 is 0.647 bits per heavy atom. The zero-order valence-corrected chi connectivity index (χ0v) is 13.1. The van der Waals surface area contributed by atoms with E-state index in [4.69, 9.17) is 0 Å². The van der Waals surface area contributed by atoms with Crippen molar-refractivity contribution in [3.8, 4) is 0 Å². The van der Waals surface area contributed by atoms with Crippen LogP contribution in [0.1, 0.15) is 33.6 Å². The highest BCUT2D eigenvalue weighted by Crippen LogP contribution is 2.14. The molecule has 0 N–H and O–H groups in total. The van der Waals surface area contributed by atoms with Gasteiger partial charge in [0.2, 0.25) is 0 Å². The van der Waals surface area contributed by atoms with Crippen LogP contribution >= 0.6 is 0 Å². The third-order valence-electron chi connectivity index (χ3n) is 3.02. The Morgan fingerprint density at radius 3 is 1.24 bits per heavy atom. The SMILES string of the molecule is CN(C)CCCN(CCCN(C)C)C(C)(C)C. The molecular formula is C14H33N3. The van der Waals surface area contributed by atoms with Crippen LogP contribution in [0, 0.1) is 0 Å². The predicted octanol–water partition coefficient (Wildman–Crippen LogP) is 1.99. The van der Waals surface area contributed by atoms with Crippen molar-refractivity contribution in [1.29, 1.82) is 0 Å². The van der Waals surface area contributed by atoms with Gasteiger partial charge in [0.15, 0.2) is 0 Å². The van der Waals surface area contributed by atoms with Crippen LogP contribution in [-0.4, -0.2) is 74.6 Å². The van der Waals surface area contributed by atoms with Crippen molar-refractivity contribution in [2.75, 3.05) is 54.4 Å². The monoisotopic (exact) mass is 243 g/mol. The maximum absolute atomic E-state index is 2.61. The van der Waals surface area contributed by atoms with E-state index >= 15 is 0 Å². The highest BCUT2D eigenvalue weighted by Gasteiger charge is 2.20. The van der Waals surface area contributed by atoms with E-state index in [9.17, 15) is 0 Å². The van der Waals surface area contributed by atoms with Crippen LogP contribution in [0.2, 0.25) is 0 Å². The van der Waals surface area contributed by atoms with Crippen LogP contribution in [0.3, 0.4) is 0 Å². The first-order valence-corrected chi connectivity index (χ1v) is 6.78. The Balaban J connectivity index is 3.98. The maximum atomic E-state index is 2.61. The summed E-state index contributed by atoms with van der Waals surface area (Å²) in [5, 5.41) is 0. The van der Waals surface area contributed by atoms with Crippen LogP contribution in [0.4, 0.5) is 0 Å². The summed E-state index contributed by atoms with van der Waals surface area (Å²) in [4.78, 5) is 7.14. The summed E-state index contributed by atoms with van der Waals surface area (Å²) >= 11 is 0. The van der Waals surface area contributed by atoms with Crippen LogP contribution in [0.5, 0.6) is 0 Å². The zero-order chi connectivity index (χ0) is 13.5. The summed E-state index contributed by atoms with van der Waals surface area (Å²) in [6.45, 7) is 11.7. The number of hydrogen-bond donors (Lipinski definition) is 0. The van der Waals surface area contributed by atoms with Crippen molar-refractivity contribution in [3.63, 3.8) is 0 Å². The smallest absolute Gasteiger partial charge is 0.0125 e. The van der Waals surface area contributed by atoms with E-state index < -0.39 is 0 Å². The van der Waals surface area contributed by atoms with E-state index in [1.54, 1.807) is 0 Å². The molecule has 0 unspecified atom stereocenters. The van der Waals surface area contributed by atoms with Crippen LogP contribution in [0.15, 0.2) is 0 Å². The molecule has 0 rings (SSSR count). The van der Waals surface area contributed by atoms with E-state index in [0.29, 0.717) is 5.54 Å². The fourth-order valence-corrected chi connectivity index (χ4v) is 1.94. The van der Waals surface area contributed by atoms with Crippen molar-refractivity contribution < 1.29 is 0 Å². The fraction of sp³-hybridized carbons (Fsp3) is 1.00. The molecular weight excluding hydrogens is 210 g/mol. The van der Waals surface area contributed by atoms with Gasteiger partial charge in [-0.1, -0.05) is 0 Å². The highest BCUT2D eigenvalue weighted by atomic mass is 15.2. The summed E-state index contributed by atoms with van der Waals surface area (Å²) in [5.41, 5.74) is 0.290. The van der Waals surface area contributed by atoms with Gasteiger partial charge in [0.25, 0.3) is 0 Å². The van der Waals surface area contributed by atoms with E-state index in [-0.39, 0.29) is 0 Å². The zero-order valence-electron chi connectivity index (χ0n) is 13.1. The molecule has 0 saturated heterocycles. The molecule has 17 heavy (non-hydrogen) atoms. The van der Waals surface area contributed by atoms with Gasteiger partial charge in [-0.25, -0.2) is 0 Å². The van der Waals surface area contributed by atoms with Gasteiger partial charge in [0, 0.05) is 5.54 Å². The molecule has 0 aromatic heterocycles. The number of rotatable bonds is 8. The lowest BCUT2D eigenvalue weighted by Gasteiger charge is -2.36. The first-order chi connectivity index (χ1) is 7.73. The lowest BCUT2D eigenvalue weighted by Crippen LogP contribution is -2.43. The topological polar surface area (TPSA) is 9.72 Å². The molecule has 3 nitrogen and oxygen atoms in total. The van der Waals surface area contributed by atoms with Gasteiger partial charge < -0.3 is 9.80 Å². The Labute approximate surface area is 109 Å². The average molecular weight is 243 g/mol. The van der Waals surface area contributed by atoms with Gasteiger partial charge in [-0.05, 0) is 88.0 Å². The van der Waals surface area contributed by atoms with E-state index in [1.807, 2.05) is 0 Å². The lowest BCUT2D eigenvalue weighted by molar-refractivity contribution is 0.125. The van der Waals surface area contributed by atoms with Gasteiger partial charge >= 0.3 is 0 Å². The number of hydrogen-bond acceptors (Lipinski definition) is 3. The molecule has 0 aliphatic heterocycles.